The molecule has 6 heteroatoms. The second kappa shape index (κ2) is 14.8. The summed E-state index contributed by atoms with van der Waals surface area (Å²) in [5.74, 6) is 3.84. The summed E-state index contributed by atoms with van der Waals surface area (Å²) in [5, 5.41) is 0. The number of rotatable bonds is 14. The van der Waals surface area contributed by atoms with Crippen molar-refractivity contribution in [1.82, 2.24) is 0 Å². The van der Waals surface area contributed by atoms with Gasteiger partial charge in [0.05, 0.1) is 41.2 Å². The number of hydrogen-bond donors (Lipinski definition) is 0. The molecular formula is C33H40O6. The summed E-state index contributed by atoms with van der Waals surface area (Å²) < 4.78 is 34.1. The van der Waals surface area contributed by atoms with Gasteiger partial charge in [0.15, 0.2) is 23.0 Å². The third-order valence-corrected chi connectivity index (χ3v) is 6.18. The SMILES string of the molecule is CCCOc1c(OC)cc(C=Cc2ccc(C=Cc3cc(OC)c(OC(C)CC)c(OC)c3)cc2)cc1OC. The Hall–Kier alpha value is -4.06. The average Bonchev–Trinajstić information content (AvgIpc) is 2.98. The van der Waals surface area contributed by atoms with Gasteiger partial charge in [-0.2, -0.15) is 0 Å². The molecule has 6 nitrogen and oxygen atoms in total. The van der Waals surface area contributed by atoms with E-state index in [9.17, 15) is 0 Å². The molecule has 0 aliphatic rings. The maximum atomic E-state index is 6.04. The van der Waals surface area contributed by atoms with Gasteiger partial charge in [0.25, 0.3) is 0 Å². The van der Waals surface area contributed by atoms with Crippen molar-refractivity contribution in [2.45, 2.75) is 39.7 Å². The summed E-state index contributed by atoms with van der Waals surface area (Å²) in [7, 11) is 6.54. The number of benzene rings is 3. The molecule has 0 saturated heterocycles. The van der Waals surface area contributed by atoms with Crippen LogP contribution in [0.3, 0.4) is 0 Å². The van der Waals surface area contributed by atoms with Crippen molar-refractivity contribution in [2.24, 2.45) is 0 Å². The molecule has 3 aromatic rings. The molecule has 0 bridgehead atoms. The number of hydrogen-bond acceptors (Lipinski definition) is 6. The summed E-state index contributed by atoms with van der Waals surface area (Å²) >= 11 is 0. The van der Waals surface area contributed by atoms with Crippen LogP contribution < -0.4 is 28.4 Å². The van der Waals surface area contributed by atoms with Crippen LogP contribution in [0, 0.1) is 0 Å². The molecule has 0 aromatic heterocycles. The Morgan fingerprint density at radius 2 is 0.974 bits per heavy atom. The molecule has 0 heterocycles. The molecule has 0 spiro atoms. The van der Waals surface area contributed by atoms with Crippen LogP contribution in [0.15, 0.2) is 48.5 Å². The van der Waals surface area contributed by atoms with Gasteiger partial charge in [-0.25, -0.2) is 0 Å². The molecule has 3 rings (SSSR count). The standard InChI is InChI=1S/C33H40O6/c1-8-18-38-32-28(34-4)19-26(20-29(32)35-5)16-14-24-10-12-25(13-11-24)15-17-27-21-30(36-6)33(31(22-27)37-7)39-23(3)9-2/h10-17,19-23H,8-9,18H2,1-7H3. The summed E-state index contributed by atoms with van der Waals surface area (Å²) in [6.07, 6.45) is 10.0. The van der Waals surface area contributed by atoms with Crippen LogP contribution in [0.1, 0.15) is 55.9 Å². The second-order valence-electron chi connectivity index (χ2n) is 9.03. The minimum atomic E-state index is 0.0602. The fourth-order valence-electron chi connectivity index (χ4n) is 3.84. The van der Waals surface area contributed by atoms with E-state index in [4.69, 9.17) is 28.4 Å². The predicted molar refractivity (Wildman–Crippen MR) is 160 cm³/mol. The molecule has 0 aliphatic carbocycles. The van der Waals surface area contributed by atoms with Gasteiger partial charge in [0, 0.05) is 0 Å². The van der Waals surface area contributed by atoms with E-state index in [0.29, 0.717) is 41.1 Å². The Balaban J connectivity index is 1.76. The molecule has 208 valence electrons. The van der Waals surface area contributed by atoms with E-state index >= 15 is 0 Å². The van der Waals surface area contributed by atoms with Crippen molar-refractivity contribution >= 4 is 24.3 Å². The number of methoxy groups -OCH3 is 4. The fourth-order valence-corrected chi connectivity index (χ4v) is 3.84. The minimum Gasteiger partial charge on any atom is -0.493 e. The van der Waals surface area contributed by atoms with E-state index in [1.165, 1.54) is 0 Å². The molecule has 0 N–H and O–H groups in total. The van der Waals surface area contributed by atoms with Crippen molar-refractivity contribution in [3.63, 3.8) is 0 Å². The highest BCUT2D eigenvalue weighted by atomic mass is 16.5. The first-order chi connectivity index (χ1) is 19.0. The van der Waals surface area contributed by atoms with Crippen LogP contribution in [0.2, 0.25) is 0 Å². The molecule has 3 aromatic carbocycles. The largest absolute Gasteiger partial charge is 0.493 e. The maximum Gasteiger partial charge on any atom is 0.203 e. The van der Waals surface area contributed by atoms with Crippen LogP contribution in [-0.4, -0.2) is 41.2 Å². The van der Waals surface area contributed by atoms with Gasteiger partial charge in [0.1, 0.15) is 0 Å². The van der Waals surface area contributed by atoms with Crippen LogP contribution in [0.25, 0.3) is 24.3 Å². The fraction of sp³-hybridized carbons (Fsp3) is 0.333. The highest BCUT2D eigenvalue weighted by Crippen LogP contribution is 2.40. The third kappa shape index (κ3) is 7.96. The van der Waals surface area contributed by atoms with Gasteiger partial charge in [-0.15, -0.1) is 0 Å². The van der Waals surface area contributed by atoms with Crippen molar-refractivity contribution in [3.05, 3.63) is 70.8 Å². The Labute approximate surface area is 232 Å². The lowest BCUT2D eigenvalue weighted by atomic mass is 10.1. The highest BCUT2D eigenvalue weighted by Gasteiger charge is 2.16. The maximum absolute atomic E-state index is 6.04. The normalized spacial score (nSPS) is 12.0. The molecule has 0 aliphatic heterocycles. The topological polar surface area (TPSA) is 55.4 Å². The van der Waals surface area contributed by atoms with Crippen LogP contribution in [-0.2, 0) is 0 Å². The molecule has 0 saturated carbocycles. The Bertz CT molecular complexity index is 1210. The predicted octanol–water partition coefficient (Wildman–Crippen LogP) is 8.03. The quantitative estimate of drug-likeness (QED) is 0.196. The van der Waals surface area contributed by atoms with Gasteiger partial charge in [-0.05, 0) is 66.3 Å². The van der Waals surface area contributed by atoms with E-state index in [0.717, 1.165) is 35.1 Å². The zero-order valence-corrected chi connectivity index (χ0v) is 24.1. The van der Waals surface area contributed by atoms with E-state index < -0.39 is 0 Å². The molecule has 1 unspecified atom stereocenters. The Morgan fingerprint density at radius 1 is 0.590 bits per heavy atom. The molecular weight excluding hydrogens is 492 g/mol. The van der Waals surface area contributed by atoms with Crippen molar-refractivity contribution in [3.8, 4) is 34.5 Å². The average molecular weight is 533 g/mol. The molecule has 0 amide bonds. The summed E-state index contributed by atoms with van der Waals surface area (Å²) in [5.41, 5.74) is 4.07. The zero-order chi connectivity index (χ0) is 28.2. The highest BCUT2D eigenvalue weighted by molar-refractivity contribution is 5.75. The zero-order valence-electron chi connectivity index (χ0n) is 24.1. The molecule has 0 fully saturated rings. The first-order valence-electron chi connectivity index (χ1n) is 13.2. The van der Waals surface area contributed by atoms with Gasteiger partial charge in [-0.3, -0.25) is 0 Å². The van der Waals surface area contributed by atoms with Crippen molar-refractivity contribution in [1.29, 1.82) is 0 Å². The lowest BCUT2D eigenvalue weighted by Gasteiger charge is -2.18. The van der Waals surface area contributed by atoms with E-state index in [2.05, 4.69) is 50.3 Å². The molecule has 1 atom stereocenters. The first kappa shape index (κ1) is 29.5. The lowest BCUT2D eigenvalue weighted by Crippen LogP contribution is -2.11. The summed E-state index contributed by atoms with van der Waals surface area (Å²) in [6.45, 7) is 6.77. The minimum absolute atomic E-state index is 0.0602. The van der Waals surface area contributed by atoms with E-state index in [1.807, 2.05) is 43.3 Å². The lowest BCUT2D eigenvalue weighted by molar-refractivity contribution is 0.198. The summed E-state index contributed by atoms with van der Waals surface area (Å²) in [6, 6.07) is 16.1. The van der Waals surface area contributed by atoms with Crippen molar-refractivity contribution in [2.75, 3.05) is 35.0 Å². The smallest absolute Gasteiger partial charge is 0.203 e. The van der Waals surface area contributed by atoms with E-state index in [-0.39, 0.29) is 6.10 Å². The molecule has 0 radical (unpaired) electrons. The third-order valence-electron chi connectivity index (χ3n) is 6.18. The second-order valence-corrected chi connectivity index (χ2v) is 9.03. The van der Waals surface area contributed by atoms with Crippen LogP contribution in [0.4, 0.5) is 0 Å². The first-order valence-corrected chi connectivity index (χ1v) is 13.2. The summed E-state index contributed by atoms with van der Waals surface area (Å²) in [4.78, 5) is 0. The molecule has 39 heavy (non-hydrogen) atoms. The van der Waals surface area contributed by atoms with Crippen molar-refractivity contribution < 1.29 is 28.4 Å². The van der Waals surface area contributed by atoms with Crippen LogP contribution >= 0.6 is 0 Å². The van der Waals surface area contributed by atoms with Gasteiger partial charge < -0.3 is 28.4 Å². The van der Waals surface area contributed by atoms with Crippen LogP contribution in [0.5, 0.6) is 34.5 Å². The monoisotopic (exact) mass is 532 g/mol. The van der Waals surface area contributed by atoms with Gasteiger partial charge >= 0.3 is 0 Å². The van der Waals surface area contributed by atoms with Gasteiger partial charge in [0.2, 0.25) is 11.5 Å². The number of ether oxygens (including phenoxy) is 6. The van der Waals surface area contributed by atoms with Gasteiger partial charge in [-0.1, -0.05) is 62.4 Å². The Morgan fingerprint density at radius 3 is 1.33 bits per heavy atom. The Kier molecular flexibility index (Phi) is 11.2. The van der Waals surface area contributed by atoms with E-state index in [1.54, 1.807) is 28.4 Å².